The van der Waals surface area contributed by atoms with Gasteiger partial charge < -0.3 is 11.1 Å². The number of anilines is 2. The quantitative estimate of drug-likeness (QED) is 0.589. The number of carbonyl (C=O) groups is 1. The maximum atomic E-state index is 11.9. The zero-order chi connectivity index (χ0) is 11.4. The summed E-state index contributed by atoms with van der Waals surface area (Å²) >= 11 is 0. The molecule has 0 aliphatic heterocycles. The summed E-state index contributed by atoms with van der Waals surface area (Å²) in [5.74, 6) is 0.159. The average Bonchev–Trinajstić information content (AvgIpc) is 2.33. The minimum absolute atomic E-state index is 0.0715. The maximum absolute atomic E-state index is 11.9. The van der Waals surface area contributed by atoms with Gasteiger partial charge in [0.2, 0.25) is 5.91 Å². The fourth-order valence-corrected chi connectivity index (χ4v) is 1.88. The van der Waals surface area contributed by atoms with Gasteiger partial charge in [-0.3, -0.25) is 4.79 Å². The van der Waals surface area contributed by atoms with E-state index >= 15 is 0 Å². The first-order valence-corrected chi connectivity index (χ1v) is 5.58. The lowest BCUT2D eigenvalue weighted by molar-refractivity contribution is -0.120. The van der Waals surface area contributed by atoms with Crippen LogP contribution in [-0.2, 0) is 4.79 Å². The summed E-state index contributed by atoms with van der Waals surface area (Å²) in [5, 5.41) is 2.88. The largest absolute Gasteiger partial charge is 0.397 e. The van der Waals surface area contributed by atoms with E-state index in [9.17, 15) is 4.79 Å². The number of benzene rings is 1. The zero-order valence-electron chi connectivity index (χ0n) is 9.15. The van der Waals surface area contributed by atoms with Crippen molar-refractivity contribution in [2.75, 3.05) is 11.1 Å². The Bertz CT molecular complexity index is 412. The van der Waals surface area contributed by atoms with Crippen LogP contribution in [0.4, 0.5) is 11.4 Å². The second-order valence-electron chi connectivity index (χ2n) is 4.06. The van der Waals surface area contributed by atoms with Crippen LogP contribution in [0.15, 0.2) is 36.4 Å². The third kappa shape index (κ3) is 2.42. The lowest BCUT2D eigenvalue weighted by atomic mass is 9.93. The van der Waals surface area contributed by atoms with Crippen LogP contribution >= 0.6 is 0 Å². The van der Waals surface area contributed by atoms with Crippen molar-refractivity contribution in [1.29, 1.82) is 0 Å². The summed E-state index contributed by atoms with van der Waals surface area (Å²) in [6.07, 6.45) is 6.94. The second-order valence-corrected chi connectivity index (χ2v) is 4.06. The Kier molecular flexibility index (Phi) is 3.25. The van der Waals surface area contributed by atoms with E-state index in [1.807, 2.05) is 18.2 Å². The predicted molar refractivity (Wildman–Crippen MR) is 66.0 cm³/mol. The number of rotatable bonds is 2. The number of amides is 1. The van der Waals surface area contributed by atoms with Crippen LogP contribution in [-0.4, -0.2) is 5.91 Å². The summed E-state index contributed by atoms with van der Waals surface area (Å²) in [7, 11) is 0. The molecule has 0 saturated heterocycles. The zero-order valence-corrected chi connectivity index (χ0v) is 9.15. The van der Waals surface area contributed by atoms with Crippen LogP contribution in [0.2, 0.25) is 0 Å². The molecule has 1 aliphatic carbocycles. The number of nitrogens with one attached hydrogen (secondary N) is 1. The Morgan fingerprint density at radius 2 is 2.12 bits per heavy atom. The lowest BCUT2D eigenvalue weighted by Gasteiger charge is -2.17. The highest BCUT2D eigenvalue weighted by Gasteiger charge is 2.18. The SMILES string of the molecule is Nc1ccccc1NC(=O)C1CC=CCC1. The number of hydrogen-bond acceptors (Lipinski definition) is 2. The van der Waals surface area contributed by atoms with Gasteiger partial charge >= 0.3 is 0 Å². The van der Waals surface area contributed by atoms with Crippen LogP contribution in [0.25, 0.3) is 0 Å². The number of para-hydroxylation sites is 2. The van der Waals surface area contributed by atoms with Gasteiger partial charge in [0.05, 0.1) is 11.4 Å². The van der Waals surface area contributed by atoms with Crippen LogP contribution < -0.4 is 11.1 Å². The number of nitrogen functional groups attached to an aromatic ring is 1. The van der Waals surface area contributed by atoms with Gasteiger partial charge in [-0.15, -0.1) is 0 Å². The highest BCUT2D eigenvalue weighted by atomic mass is 16.1. The van der Waals surface area contributed by atoms with Gasteiger partial charge in [0, 0.05) is 5.92 Å². The molecule has 0 spiro atoms. The van der Waals surface area contributed by atoms with Gasteiger partial charge in [0.15, 0.2) is 0 Å². The van der Waals surface area contributed by atoms with E-state index in [0.29, 0.717) is 11.4 Å². The average molecular weight is 216 g/mol. The lowest BCUT2D eigenvalue weighted by Crippen LogP contribution is -2.23. The van der Waals surface area contributed by atoms with Gasteiger partial charge in [-0.2, -0.15) is 0 Å². The molecule has 1 unspecified atom stereocenters. The molecule has 1 aromatic rings. The first-order valence-electron chi connectivity index (χ1n) is 5.58. The first-order chi connectivity index (χ1) is 7.77. The first kappa shape index (κ1) is 10.7. The predicted octanol–water partition coefficient (Wildman–Crippen LogP) is 2.56. The Morgan fingerprint density at radius 1 is 1.31 bits per heavy atom. The molecular weight excluding hydrogens is 200 g/mol. The van der Waals surface area contributed by atoms with Gasteiger partial charge in [-0.25, -0.2) is 0 Å². The molecule has 3 N–H and O–H groups in total. The fourth-order valence-electron chi connectivity index (χ4n) is 1.88. The second kappa shape index (κ2) is 4.84. The third-order valence-corrected chi connectivity index (χ3v) is 2.86. The molecular formula is C13H16N2O. The molecule has 84 valence electrons. The number of carbonyl (C=O) groups excluding carboxylic acids is 1. The van der Waals surface area contributed by atoms with Crippen LogP contribution in [0, 0.1) is 5.92 Å². The van der Waals surface area contributed by atoms with E-state index in [1.54, 1.807) is 6.07 Å². The molecule has 0 bridgehead atoms. The minimum Gasteiger partial charge on any atom is -0.397 e. The van der Waals surface area contributed by atoms with E-state index in [2.05, 4.69) is 17.5 Å². The highest BCUT2D eigenvalue weighted by Crippen LogP contribution is 2.22. The van der Waals surface area contributed by atoms with Crippen molar-refractivity contribution in [2.24, 2.45) is 5.92 Å². The Labute approximate surface area is 95.3 Å². The van der Waals surface area contributed by atoms with Gasteiger partial charge in [-0.1, -0.05) is 24.3 Å². The molecule has 0 aromatic heterocycles. The van der Waals surface area contributed by atoms with Gasteiger partial charge in [0.25, 0.3) is 0 Å². The van der Waals surface area contributed by atoms with E-state index in [-0.39, 0.29) is 11.8 Å². The number of allylic oxidation sites excluding steroid dienone is 2. The van der Waals surface area contributed by atoms with Crippen LogP contribution in [0.1, 0.15) is 19.3 Å². The van der Waals surface area contributed by atoms with Crippen molar-refractivity contribution < 1.29 is 4.79 Å². The summed E-state index contributed by atoms with van der Waals surface area (Å²) in [5.41, 5.74) is 7.09. The molecule has 2 rings (SSSR count). The summed E-state index contributed by atoms with van der Waals surface area (Å²) in [6.45, 7) is 0. The monoisotopic (exact) mass is 216 g/mol. The molecule has 0 fully saturated rings. The van der Waals surface area contributed by atoms with Crippen molar-refractivity contribution in [2.45, 2.75) is 19.3 Å². The molecule has 16 heavy (non-hydrogen) atoms. The molecule has 1 atom stereocenters. The molecule has 0 heterocycles. The van der Waals surface area contributed by atoms with E-state index in [4.69, 9.17) is 5.73 Å². The minimum atomic E-state index is 0.0715. The van der Waals surface area contributed by atoms with E-state index in [1.165, 1.54) is 0 Å². The molecule has 3 nitrogen and oxygen atoms in total. The number of hydrogen-bond donors (Lipinski definition) is 2. The fraction of sp³-hybridized carbons (Fsp3) is 0.308. The van der Waals surface area contributed by atoms with Crippen molar-refractivity contribution >= 4 is 17.3 Å². The normalized spacial score (nSPS) is 19.4. The van der Waals surface area contributed by atoms with E-state index < -0.39 is 0 Å². The topological polar surface area (TPSA) is 55.1 Å². The number of nitrogens with two attached hydrogens (primary N) is 1. The van der Waals surface area contributed by atoms with Crippen molar-refractivity contribution in [3.8, 4) is 0 Å². The van der Waals surface area contributed by atoms with Gasteiger partial charge in [0.1, 0.15) is 0 Å². The van der Waals surface area contributed by atoms with Crippen molar-refractivity contribution in [3.63, 3.8) is 0 Å². The Balaban J connectivity index is 2.02. The van der Waals surface area contributed by atoms with Crippen LogP contribution in [0.3, 0.4) is 0 Å². The summed E-state index contributed by atoms with van der Waals surface area (Å²) < 4.78 is 0. The molecule has 0 radical (unpaired) electrons. The van der Waals surface area contributed by atoms with Gasteiger partial charge in [-0.05, 0) is 31.4 Å². The maximum Gasteiger partial charge on any atom is 0.227 e. The highest BCUT2D eigenvalue weighted by molar-refractivity contribution is 5.95. The molecule has 1 aliphatic rings. The third-order valence-electron chi connectivity index (χ3n) is 2.86. The van der Waals surface area contributed by atoms with Crippen molar-refractivity contribution in [1.82, 2.24) is 0 Å². The smallest absolute Gasteiger partial charge is 0.227 e. The standard InChI is InChI=1S/C13H16N2O/c14-11-8-4-5-9-12(11)15-13(16)10-6-2-1-3-7-10/h1-2,4-5,8-10H,3,6-7,14H2,(H,15,16). The van der Waals surface area contributed by atoms with Crippen LogP contribution in [0.5, 0.6) is 0 Å². The molecule has 1 amide bonds. The molecule has 0 saturated carbocycles. The van der Waals surface area contributed by atoms with E-state index in [0.717, 1.165) is 19.3 Å². The molecule has 3 heteroatoms. The Hall–Kier alpha value is -1.77. The Morgan fingerprint density at radius 3 is 2.81 bits per heavy atom. The molecule has 1 aromatic carbocycles. The summed E-state index contributed by atoms with van der Waals surface area (Å²) in [6, 6.07) is 7.34. The van der Waals surface area contributed by atoms with Crippen molar-refractivity contribution in [3.05, 3.63) is 36.4 Å². The summed E-state index contributed by atoms with van der Waals surface area (Å²) in [4.78, 5) is 11.9.